The summed E-state index contributed by atoms with van der Waals surface area (Å²) in [6, 6.07) is 7.51. The first-order chi connectivity index (χ1) is 7.27. The Kier molecular flexibility index (Phi) is 3.62. The Balaban J connectivity index is 2.00. The van der Waals surface area contributed by atoms with E-state index in [-0.39, 0.29) is 0 Å². The lowest BCUT2D eigenvalue weighted by Gasteiger charge is -2.20. The van der Waals surface area contributed by atoms with E-state index in [2.05, 4.69) is 4.90 Å². The fraction of sp³-hybridized carbons (Fsp3) is 0.500. The van der Waals surface area contributed by atoms with Gasteiger partial charge in [-0.25, -0.2) is 0 Å². The second kappa shape index (κ2) is 4.97. The molecule has 0 amide bonds. The highest BCUT2D eigenvalue weighted by molar-refractivity contribution is 6.31. The summed E-state index contributed by atoms with van der Waals surface area (Å²) in [5.74, 6) is 0. The topological polar surface area (TPSA) is 23.5 Å². The minimum atomic E-state index is -0.461. The third-order valence-corrected chi connectivity index (χ3v) is 3.24. The van der Waals surface area contributed by atoms with E-state index in [0.29, 0.717) is 11.6 Å². The molecule has 1 fully saturated rings. The number of hydrogen-bond donors (Lipinski definition) is 1. The van der Waals surface area contributed by atoms with Gasteiger partial charge in [0.25, 0.3) is 0 Å². The number of likely N-dealkylation sites (tertiary alicyclic amines) is 1. The molecule has 3 heteroatoms. The Labute approximate surface area is 95.5 Å². The molecule has 1 unspecified atom stereocenters. The first-order valence-electron chi connectivity index (χ1n) is 5.42. The van der Waals surface area contributed by atoms with Gasteiger partial charge in [0.05, 0.1) is 6.10 Å². The molecular formula is C12H16ClNO. The van der Waals surface area contributed by atoms with Crippen LogP contribution in [0.1, 0.15) is 24.5 Å². The van der Waals surface area contributed by atoms with E-state index in [9.17, 15) is 5.11 Å². The van der Waals surface area contributed by atoms with Gasteiger partial charge in [-0.1, -0.05) is 29.8 Å². The molecule has 0 saturated carbocycles. The highest BCUT2D eigenvalue weighted by Crippen LogP contribution is 2.24. The van der Waals surface area contributed by atoms with Crippen LogP contribution in [0.4, 0.5) is 0 Å². The summed E-state index contributed by atoms with van der Waals surface area (Å²) in [4.78, 5) is 2.29. The maximum Gasteiger partial charge on any atom is 0.0931 e. The van der Waals surface area contributed by atoms with Crippen molar-refractivity contribution in [3.63, 3.8) is 0 Å². The zero-order valence-corrected chi connectivity index (χ0v) is 9.45. The van der Waals surface area contributed by atoms with E-state index in [1.807, 2.05) is 24.3 Å². The van der Waals surface area contributed by atoms with Crippen molar-refractivity contribution in [2.45, 2.75) is 18.9 Å². The van der Waals surface area contributed by atoms with Crippen LogP contribution in [0.25, 0.3) is 0 Å². The Morgan fingerprint density at radius 1 is 1.27 bits per heavy atom. The Hall–Kier alpha value is -0.570. The Morgan fingerprint density at radius 3 is 2.60 bits per heavy atom. The molecule has 1 saturated heterocycles. The summed E-state index contributed by atoms with van der Waals surface area (Å²) >= 11 is 6.03. The number of halogens is 1. The number of aliphatic hydroxyl groups is 1. The molecule has 1 aliphatic heterocycles. The number of β-amino-alcohol motifs (C(OH)–C–C–N with tert-alkyl or cyclic N) is 1. The van der Waals surface area contributed by atoms with E-state index >= 15 is 0 Å². The van der Waals surface area contributed by atoms with Crippen molar-refractivity contribution in [1.29, 1.82) is 0 Å². The maximum absolute atomic E-state index is 10.0. The SMILES string of the molecule is OC(CN1CCCC1)c1ccccc1Cl. The molecule has 2 rings (SSSR count). The lowest BCUT2D eigenvalue weighted by atomic mass is 10.1. The van der Waals surface area contributed by atoms with E-state index < -0.39 is 6.10 Å². The van der Waals surface area contributed by atoms with Gasteiger partial charge in [0.15, 0.2) is 0 Å². The lowest BCUT2D eigenvalue weighted by Crippen LogP contribution is -2.25. The fourth-order valence-electron chi connectivity index (χ4n) is 2.05. The predicted octanol–water partition coefficient (Wildman–Crippen LogP) is 2.47. The van der Waals surface area contributed by atoms with Gasteiger partial charge in [-0.3, -0.25) is 0 Å². The largest absolute Gasteiger partial charge is 0.387 e. The molecule has 82 valence electrons. The minimum Gasteiger partial charge on any atom is -0.387 e. The summed E-state index contributed by atoms with van der Waals surface area (Å²) in [6.45, 7) is 2.90. The Bertz CT molecular complexity index is 323. The molecule has 0 aliphatic carbocycles. The molecule has 1 N–H and O–H groups in total. The number of benzene rings is 1. The zero-order valence-electron chi connectivity index (χ0n) is 8.69. The molecule has 15 heavy (non-hydrogen) atoms. The molecule has 0 aromatic heterocycles. The van der Waals surface area contributed by atoms with Gasteiger partial charge in [0.2, 0.25) is 0 Å². The number of aliphatic hydroxyl groups excluding tert-OH is 1. The summed E-state index contributed by atoms with van der Waals surface area (Å²) in [6.07, 6.45) is 2.03. The van der Waals surface area contributed by atoms with Crippen molar-refractivity contribution >= 4 is 11.6 Å². The van der Waals surface area contributed by atoms with Crippen LogP contribution in [0.15, 0.2) is 24.3 Å². The van der Waals surface area contributed by atoms with E-state index in [0.717, 1.165) is 18.7 Å². The minimum absolute atomic E-state index is 0.461. The normalized spacial score (nSPS) is 19.3. The van der Waals surface area contributed by atoms with Gasteiger partial charge in [0.1, 0.15) is 0 Å². The average Bonchev–Trinajstić information content (AvgIpc) is 2.71. The van der Waals surface area contributed by atoms with Crippen LogP contribution < -0.4 is 0 Å². The van der Waals surface area contributed by atoms with Gasteiger partial charge < -0.3 is 10.0 Å². The highest BCUT2D eigenvalue weighted by Gasteiger charge is 2.18. The molecule has 0 bridgehead atoms. The van der Waals surface area contributed by atoms with Gasteiger partial charge >= 0.3 is 0 Å². The quantitative estimate of drug-likeness (QED) is 0.855. The number of nitrogens with zero attached hydrogens (tertiary/aromatic N) is 1. The summed E-state index contributed by atoms with van der Waals surface area (Å²) in [5.41, 5.74) is 0.839. The van der Waals surface area contributed by atoms with Crippen molar-refractivity contribution < 1.29 is 5.11 Å². The zero-order chi connectivity index (χ0) is 10.7. The summed E-state index contributed by atoms with van der Waals surface area (Å²) in [7, 11) is 0. The summed E-state index contributed by atoms with van der Waals surface area (Å²) < 4.78 is 0. The van der Waals surface area contributed by atoms with Crippen LogP contribution in [0.5, 0.6) is 0 Å². The molecule has 1 heterocycles. The first kappa shape index (κ1) is 10.9. The molecule has 0 radical (unpaired) electrons. The Morgan fingerprint density at radius 2 is 1.93 bits per heavy atom. The van der Waals surface area contributed by atoms with Crippen molar-refractivity contribution in [3.8, 4) is 0 Å². The third-order valence-electron chi connectivity index (χ3n) is 2.89. The van der Waals surface area contributed by atoms with Gasteiger partial charge in [0, 0.05) is 17.1 Å². The first-order valence-corrected chi connectivity index (χ1v) is 5.80. The third kappa shape index (κ3) is 2.71. The lowest BCUT2D eigenvalue weighted by molar-refractivity contribution is 0.126. The van der Waals surface area contributed by atoms with Crippen LogP contribution in [-0.2, 0) is 0 Å². The van der Waals surface area contributed by atoms with Crippen LogP contribution in [0, 0.1) is 0 Å². The van der Waals surface area contributed by atoms with Crippen LogP contribution in [-0.4, -0.2) is 29.6 Å². The van der Waals surface area contributed by atoms with Crippen LogP contribution in [0.2, 0.25) is 5.02 Å². The number of hydrogen-bond acceptors (Lipinski definition) is 2. The second-order valence-electron chi connectivity index (χ2n) is 4.05. The van der Waals surface area contributed by atoms with Crippen LogP contribution in [0.3, 0.4) is 0 Å². The van der Waals surface area contributed by atoms with Crippen molar-refractivity contribution in [2.24, 2.45) is 0 Å². The standard InChI is InChI=1S/C12H16ClNO/c13-11-6-2-1-5-10(11)12(15)9-14-7-3-4-8-14/h1-2,5-6,12,15H,3-4,7-9H2. The molecule has 1 atom stereocenters. The fourth-order valence-corrected chi connectivity index (χ4v) is 2.32. The average molecular weight is 226 g/mol. The van der Waals surface area contributed by atoms with E-state index in [1.165, 1.54) is 12.8 Å². The van der Waals surface area contributed by atoms with Crippen molar-refractivity contribution in [1.82, 2.24) is 4.90 Å². The smallest absolute Gasteiger partial charge is 0.0931 e. The van der Waals surface area contributed by atoms with Gasteiger partial charge in [-0.15, -0.1) is 0 Å². The van der Waals surface area contributed by atoms with Crippen molar-refractivity contribution in [2.75, 3.05) is 19.6 Å². The second-order valence-corrected chi connectivity index (χ2v) is 4.45. The molecule has 1 aromatic carbocycles. The van der Waals surface area contributed by atoms with Gasteiger partial charge in [-0.2, -0.15) is 0 Å². The predicted molar refractivity (Wildman–Crippen MR) is 62.1 cm³/mol. The molecule has 1 aromatic rings. The van der Waals surface area contributed by atoms with Gasteiger partial charge in [-0.05, 0) is 32.0 Å². The summed E-state index contributed by atoms with van der Waals surface area (Å²) in [5, 5.41) is 10.7. The van der Waals surface area contributed by atoms with Crippen molar-refractivity contribution in [3.05, 3.63) is 34.9 Å². The maximum atomic E-state index is 10.0. The monoisotopic (exact) mass is 225 g/mol. The van der Waals surface area contributed by atoms with E-state index in [4.69, 9.17) is 11.6 Å². The highest BCUT2D eigenvalue weighted by atomic mass is 35.5. The number of rotatable bonds is 3. The molecule has 2 nitrogen and oxygen atoms in total. The van der Waals surface area contributed by atoms with Crippen LogP contribution >= 0.6 is 11.6 Å². The molecule has 1 aliphatic rings. The molecule has 0 spiro atoms. The van der Waals surface area contributed by atoms with E-state index in [1.54, 1.807) is 0 Å². The molecular weight excluding hydrogens is 210 g/mol.